The number of hydrogen-bond donors (Lipinski definition) is 1. The quantitative estimate of drug-likeness (QED) is 0.344. The van der Waals surface area contributed by atoms with Crippen molar-refractivity contribution in [1.29, 1.82) is 0 Å². The van der Waals surface area contributed by atoms with Gasteiger partial charge in [-0.15, -0.1) is 0 Å². The molecule has 0 saturated heterocycles. The van der Waals surface area contributed by atoms with E-state index >= 15 is 0 Å². The Kier molecular flexibility index (Phi) is 7.42. The molecule has 1 aromatic heterocycles. The summed E-state index contributed by atoms with van der Waals surface area (Å²) in [5.74, 6) is 2.09. The van der Waals surface area contributed by atoms with Crippen molar-refractivity contribution in [2.75, 3.05) is 14.2 Å². The molecule has 0 aliphatic rings. The number of aryl methyl sites for hydroxylation is 1. The van der Waals surface area contributed by atoms with E-state index in [9.17, 15) is 17.3 Å². The first kappa shape index (κ1) is 23.9. The monoisotopic (exact) mass is 459 g/mol. The van der Waals surface area contributed by atoms with Crippen LogP contribution >= 0.6 is 0 Å². The van der Waals surface area contributed by atoms with Crippen LogP contribution in [0.2, 0.25) is 0 Å². The van der Waals surface area contributed by atoms with Crippen LogP contribution < -0.4 is 19.8 Å². The van der Waals surface area contributed by atoms with Gasteiger partial charge in [0.25, 0.3) is 0 Å². The first-order chi connectivity index (χ1) is 15.7. The summed E-state index contributed by atoms with van der Waals surface area (Å²) in [6, 6.07) is 24.1. The SMILES string of the molecule is COc1ccc(-c2cc(=[NH+]c3ccc(C)cc3)c3ccccc3o2)cc1OC.F[B-](F)(F)F. The van der Waals surface area contributed by atoms with Crippen molar-refractivity contribution < 1.29 is 36.1 Å². The molecule has 0 unspecified atom stereocenters. The third-order valence-electron chi connectivity index (χ3n) is 4.67. The molecule has 0 saturated carbocycles. The van der Waals surface area contributed by atoms with E-state index in [0.29, 0.717) is 11.5 Å². The van der Waals surface area contributed by atoms with E-state index in [4.69, 9.17) is 13.9 Å². The van der Waals surface area contributed by atoms with Gasteiger partial charge >= 0.3 is 7.25 Å². The number of fused-ring (bicyclic) bond motifs is 1. The summed E-state index contributed by atoms with van der Waals surface area (Å²) in [4.78, 5) is 3.52. The lowest BCUT2D eigenvalue weighted by Gasteiger charge is -2.09. The first-order valence-corrected chi connectivity index (χ1v) is 9.97. The predicted octanol–water partition coefficient (Wildman–Crippen LogP) is 5.04. The zero-order valence-corrected chi connectivity index (χ0v) is 18.2. The summed E-state index contributed by atoms with van der Waals surface area (Å²) in [6.45, 7) is 2.08. The van der Waals surface area contributed by atoms with Crippen molar-refractivity contribution in [3.63, 3.8) is 0 Å². The summed E-state index contributed by atoms with van der Waals surface area (Å²) in [6.07, 6.45) is 0. The molecule has 4 aromatic rings. The Morgan fingerprint density at radius 3 is 2.06 bits per heavy atom. The van der Waals surface area contributed by atoms with Crippen molar-refractivity contribution in [2.45, 2.75) is 6.92 Å². The lowest BCUT2D eigenvalue weighted by atomic mass is 10.1. The maximum atomic E-state index is 9.75. The van der Waals surface area contributed by atoms with E-state index in [2.05, 4.69) is 36.2 Å². The van der Waals surface area contributed by atoms with Gasteiger partial charge in [-0.25, -0.2) is 4.99 Å². The molecule has 1 N–H and O–H groups in total. The Labute approximate surface area is 188 Å². The largest absolute Gasteiger partial charge is 0.673 e. The zero-order valence-electron chi connectivity index (χ0n) is 18.2. The lowest BCUT2D eigenvalue weighted by Crippen LogP contribution is -2.70. The predicted molar refractivity (Wildman–Crippen MR) is 120 cm³/mol. The highest BCUT2D eigenvalue weighted by molar-refractivity contribution is 6.50. The number of methoxy groups -OCH3 is 2. The number of para-hydroxylation sites is 1. The molecule has 0 aliphatic carbocycles. The van der Waals surface area contributed by atoms with Crippen molar-refractivity contribution in [3.05, 3.63) is 83.7 Å². The molecule has 9 heteroatoms. The Balaban J connectivity index is 0.000000555. The third kappa shape index (κ3) is 6.62. The molecule has 4 nitrogen and oxygen atoms in total. The van der Waals surface area contributed by atoms with Gasteiger partial charge in [0.15, 0.2) is 11.5 Å². The summed E-state index contributed by atoms with van der Waals surface area (Å²) >= 11 is 0. The molecule has 0 bridgehead atoms. The average Bonchev–Trinajstić information content (AvgIpc) is 2.79. The molecule has 0 atom stereocenters. The minimum Gasteiger partial charge on any atom is -0.493 e. The van der Waals surface area contributed by atoms with Crippen molar-refractivity contribution in [3.8, 4) is 22.8 Å². The standard InChI is InChI=1S/C24H21NO3.BF4/c1-16-8-11-18(12-9-16)25-20-15-23(28-21-7-5-4-6-19(20)21)17-10-13-22(26-2)24(14-17)27-3;2-1(3,4)5/h4-15H,1-3H3;/q;-1/p+1. The summed E-state index contributed by atoms with van der Waals surface area (Å²) in [5, 5.41) is 2.00. The molecule has 0 aliphatic heterocycles. The second kappa shape index (κ2) is 10.2. The number of hydrogen-bond acceptors (Lipinski definition) is 3. The van der Waals surface area contributed by atoms with Crippen LogP contribution in [0.5, 0.6) is 11.5 Å². The Morgan fingerprint density at radius 1 is 0.788 bits per heavy atom. The van der Waals surface area contributed by atoms with Crippen LogP contribution in [0.1, 0.15) is 5.56 Å². The fourth-order valence-corrected chi connectivity index (χ4v) is 3.16. The molecule has 33 heavy (non-hydrogen) atoms. The number of ether oxygens (including phenoxy) is 2. The van der Waals surface area contributed by atoms with E-state index in [1.807, 2.05) is 48.5 Å². The molecule has 0 amide bonds. The van der Waals surface area contributed by atoms with Gasteiger partial charge in [0.1, 0.15) is 11.3 Å². The van der Waals surface area contributed by atoms with Crippen LogP contribution in [-0.4, -0.2) is 21.5 Å². The molecule has 172 valence electrons. The molecular weight excluding hydrogens is 437 g/mol. The molecule has 0 radical (unpaired) electrons. The highest BCUT2D eigenvalue weighted by atomic mass is 19.5. The van der Waals surface area contributed by atoms with Gasteiger partial charge in [0, 0.05) is 17.7 Å². The van der Waals surface area contributed by atoms with E-state index < -0.39 is 7.25 Å². The fourth-order valence-electron chi connectivity index (χ4n) is 3.16. The van der Waals surface area contributed by atoms with Crippen molar-refractivity contribution in [2.24, 2.45) is 0 Å². The highest BCUT2D eigenvalue weighted by Crippen LogP contribution is 2.32. The third-order valence-corrected chi connectivity index (χ3v) is 4.67. The van der Waals surface area contributed by atoms with E-state index in [-0.39, 0.29) is 0 Å². The molecule has 0 spiro atoms. The van der Waals surface area contributed by atoms with Gasteiger partial charge in [-0.05, 0) is 37.3 Å². The molecular formula is C24H22BF4NO3. The topological polar surface area (TPSA) is 45.6 Å². The van der Waals surface area contributed by atoms with Gasteiger partial charge in [-0.2, -0.15) is 0 Å². The van der Waals surface area contributed by atoms with Crippen molar-refractivity contribution in [1.82, 2.24) is 0 Å². The van der Waals surface area contributed by atoms with Gasteiger partial charge in [-0.1, -0.05) is 29.8 Å². The number of rotatable bonds is 4. The Hall–Kier alpha value is -3.75. The van der Waals surface area contributed by atoms with Gasteiger partial charge < -0.3 is 31.2 Å². The molecule has 0 fully saturated rings. The van der Waals surface area contributed by atoms with Crippen LogP contribution in [0.3, 0.4) is 0 Å². The minimum absolute atomic E-state index is 0.663. The van der Waals surface area contributed by atoms with Gasteiger partial charge in [0.05, 0.1) is 25.7 Å². The van der Waals surface area contributed by atoms with Crippen LogP contribution in [0.15, 0.2) is 77.2 Å². The number of benzene rings is 3. The van der Waals surface area contributed by atoms with E-state index in [1.54, 1.807) is 14.2 Å². The second-order valence-corrected chi connectivity index (χ2v) is 7.08. The van der Waals surface area contributed by atoms with Gasteiger partial charge in [0.2, 0.25) is 11.0 Å². The van der Waals surface area contributed by atoms with Crippen molar-refractivity contribution >= 4 is 23.9 Å². The maximum Gasteiger partial charge on any atom is 0.673 e. The normalized spacial score (nSPS) is 11.7. The fraction of sp³-hybridized carbons (Fsp3) is 0.125. The second-order valence-electron chi connectivity index (χ2n) is 7.08. The molecule has 3 aromatic carbocycles. The van der Waals surface area contributed by atoms with E-state index in [1.165, 1.54) is 5.56 Å². The van der Waals surface area contributed by atoms with Crippen LogP contribution in [0, 0.1) is 6.92 Å². The number of halogens is 4. The Bertz CT molecular complexity index is 1300. The minimum atomic E-state index is -6.00. The summed E-state index contributed by atoms with van der Waals surface area (Å²) in [5.41, 5.74) is 3.98. The molecule has 4 rings (SSSR count). The smallest absolute Gasteiger partial charge is 0.493 e. The zero-order chi connectivity index (χ0) is 24.0. The maximum absolute atomic E-state index is 9.75. The van der Waals surface area contributed by atoms with Crippen LogP contribution in [-0.2, 0) is 0 Å². The Morgan fingerprint density at radius 2 is 1.42 bits per heavy atom. The van der Waals surface area contributed by atoms with Crippen LogP contribution in [0.25, 0.3) is 22.3 Å². The first-order valence-electron chi connectivity index (χ1n) is 9.97. The summed E-state index contributed by atoms with van der Waals surface area (Å²) in [7, 11) is -2.74. The van der Waals surface area contributed by atoms with E-state index in [0.717, 1.165) is 33.3 Å². The summed E-state index contributed by atoms with van der Waals surface area (Å²) < 4.78 is 56.0. The van der Waals surface area contributed by atoms with Crippen LogP contribution in [0.4, 0.5) is 23.0 Å². The number of nitrogens with one attached hydrogen (secondary N) is 1. The molecule has 1 heterocycles. The lowest BCUT2D eigenvalue weighted by molar-refractivity contribution is -0.400. The average molecular weight is 459 g/mol. The highest BCUT2D eigenvalue weighted by Gasteiger charge is 2.20. The van der Waals surface area contributed by atoms with Gasteiger partial charge in [-0.3, -0.25) is 0 Å².